The van der Waals surface area contributed by atoms with Gasteiger partial charge in [0.25, 0.3) is 0 Å². The van der Waals surface area contributed by atoms with Gasteiger partial charge in [0, 0.05) is 5.56 Å². The summed E-state index contributed by atoms with van der Waals surface area (Å²) in [5, 5.41) is 11.3. The van der Waals surface area contributed by atoms with E-state index in [-0.39, 0.29) is 12.6 Å². The van der Waals surface area contributed by atoms with Crippen molar-refractivity contribution in [2.45, 2.75) is 25.9 Å². The highest BCUT2D eigenvalue weighted by molar-refractivity contribution is 5.42. The average molecular weight is 266 g/mol. The van der Waals surface area contributed by atoms with E-state index in [0.29, 0.717) is 6.61 Å². The number of nitrogens with two attached hydrogens (primary N) is 1. The fourth-order valence-corrected chi connectivity index (χ4v) is 1.78. The quantitative estimate of drug-likeness (QED) is 0.658. The Morgan fingerprint density at radius 1 is 1.42 bits per heavy atom. The molecule has 0 aliphatic rings. The summed E-state index contributed by atoms with van der Waals surface area (Å²) in [4.78, 5) is 0. The molecule has 4 heteroatoms. The molecule has 0 heterocycles. The van der Waals surface area contributed by atoms with Gasteiger partial charge in [-0.05, 0) is 24.6 Å². The van der Waals surface area contributed by atoms with Crippen LogP contribution in [0.3, 0.4) is 0 Å². The van der Waals surface area contributed by atoms with E-state index in [1.165, 1.54) is 0 Å². The van der Waals surface area contributed by atoms with Crippen molar-refractivity contribution in [3.63, 3.8) is 0 Å². The first kappa shape index (κ1) is 15.5. The van der Waals surface area contributed by atoms with Crippen molar-refractivity contribution in [3.05, 3.63) is 36.4 Å². The van der Waals surface area contributed by atoms with E-state index in [9.17, 15) is 0 Å². The first-order chi connectivity index (χ1) is 9.24. The van der Waals surface area contributed by atoms with Crippen molar-refractivity contribution in [3.8, 4) is 11.5 Å². The van der Waals surface area contributed by atoms with Crippen LogP contribution in [0.2, 0.25) is 0 Å². The summed E-state index contributed by atoms with van der Waals surface area (Å²) in [5.74, 6) is 1.45. The van der Waals surface area contributed by atoms with Crippen LogP contribution < -0.4 is 14.8 Å². The van der Waals surface area contributed by atoms with Crippen LogP contribution in [-0.4, -0.2) is 31.5 Å². The molecular formula is C15H24NO3+. The minimum absolute atomic E-state index is 0.203. The Bertz CT molecular complexity index is 389. The molecule has 1 aromatic carbocycles. The number of rotatable bonds is 9. The van der Waals surface area contributed by atoms with E-state index in [1.54, 1.807) is 13.2 Å². The predicted molar refractivity (Wildman–Crippen MR) is 75.5 cm³/mol. The summed E-state index contributed by atoms with van der Waals surface area (Å²) in [7, 11) is 1.63. The SMILES string of the molecule is C=CCOc1ccc(C[NH2+][C@@H](CC)CO)cc1OC. The van der Waals surface area contributed by atoms with Crippen LogP contribution in [0.4, 0.5) is 0 Å². The van der Waals surface area contributed by atoms with Crippen LogP contribution >= 0.6 is 0 Å². The molecular weight excluding hydrogens is 242 g/mol. The number of hydrogen-bond acceptors (Lipinski definition) is 3. The smallest absolute Gasteiger partial charge is 0.161 e. The third kappa shape index (κ3) is 4.93. The second-order valence-electron chi connectivity index (χ2n) is 4.38. The summed E-state index contributed by atoms with van der Waals surface area (Å²) in [6.45, 7) is 7.18. The number of aliphatic hydroxyl groups excluding tert-OH is 1. The third-order valence-electron chi connectivity index (χ3n) is 3.03. The standard InChI is InChI=1S/C15H23NO3/c1-4-8-19-14-7-6-12(9-15(14)18-3)10-16-13(5-2)11-17/h4,6-7,9,13,16-17H,1,5,8,10-11H2,2-3H3/p+1/t13-/m0/s1. The van der Waals surface area contributed by atoms with Crippen LogP contribution in [0.5, 0.6) is 11.5 Å². The monoisotopic (exact) mass is 266 g/mol. The summed E-state index contributed by atoms with van der Waals surface area (Å²) in [6.07, 6.45) is 2.66. The van der Waals surface area contributed by atoms with Gasteiger partial charge in [0.2, 0.25) is 0 Å². The lowest BCUT2D eigenvalue weighted by atomic mass is 10.1. The van der Waals surface area contributed by atoms with Gasteiger partial charge in [-0.2, -0.15) is 0 Å². The van der Waals surface area contributed by atoms with Crippen LogP contribution in [-0.2, 0) is 6.54 Å². The fraction of sp³-hybridized carbons (Fsp3) is 0.467. The van der Waals surface area contributed by atoms with E-state index in [4.69, 9.17) is 14.6 Å². The number of quaternary nitrogens is 1. The van der Waals surface area contributed by atoms with Crippen molar-refractivity contribution >= 4 is 0 Å². The summed E-state index contributed by atoms with van der Waals surface area (Å²) in [6, 6.07) is 6.15. The zero-order valence-corrected chi connectivity index (χ0v) is 11.8. The van der Waals surface area contributed by atoms with Crippen molar-refractivity contribution in [2.75, 3.05) is 20.3 Å². The van der Waals surface area contributed by atoms with E-state index in [2.05, 4.69) is 18.8 Å². The van der Waals surface area contributed by atoms with Crippen molar-refractivity contribution in [2.24, 2.45) is 0 Å². The van der Waals surface area contributed by atoms with Gasteiger partial charge in [-0.1, -0.05) is 19.6 Å². The highest BCUT2D eigenvalue weighted by Gasteiger charge is 2.10. The zero-order chi connectivity index (χ0) is 14.1. The number of aliphatic hydroxyl groups is 1. The first-order valence-electron chi connectivity index (χ1n) is 6.59. The molecule has 106 valence electrons. The average Bonchev–Trinajstić information content (AvgIpc) is 2.46. The van der Waals surface area contributed by atoms with E-state index in [1.807, 2.05) is 18.2 Å². The first-order valence-corrected chi connectivity index (χ1v) is 6.59. The third-order valence-corrected chi connectivity index (χ3v) is 3.03. The fourth-order valence-electron chi connectivity index (χ4n) is 1.78. The Kier molecular flexibility index (Phi) is 7.00. The second-order valence-corrected chi connectivity index (χ2v) is 4.38. The van der Waals surface area contributed by atoms with E-state index in [0.717, 1.165) is 30.0 Å². The van der Waals surface area contributed by atoms with Crippen LogP contribution in [0.1, 0.15) is 18.9 Å². The lowest BCUT2D eigenvalue weighted by Gasteiger charge is -2.13. The summed E-state index contributed by atoms with van der Waals surface area (Å²) < 4.78 is 10.8. The molecule has 0 saturated heterocycles. The normalized spacial score (nSPS) is 11.9. The highest BCUT2D eigenvalue weighted by Crippen LogP contribution is 2.27. The Hall–Kier alpha value is -1.52. The molecule has 0 saturated carbocycles. The molecule has 1 rings (SSSR count). The van der Waals surface area contributed by atoms with Gasteiger partial charge in [-0.25, -0.2) is 0 Å². The molecule has 4 nitrogen and oxygen atoms in total. The molecule has 0 amide bonds. The van der Waals surface area contributed by atoms with Gasteiger partial charge in [0.15, 0.2) is 11.5 Å². The topological polar surface area (TPSA) is 55.3 Å². The van der Waals surface area contributed by atoms with Crippen LogP contribution in [0.25, 0.3) is 0 Å². The molecule has 0 fully saturated rings. The Morgan fingerprint density at radius 2 is 2.21 bits per heavy atom. The minimum atomic E-state index is 0.203. The van der Waals surface area contributed by atoms with Crippen molar-refractivity contribution in [1.29, 1.82) is 0 Å². The predicted octanol–water partition coefficient (Wildman–Crippen LogP) is 1.09. The maximum absolute atomic E-state index is 9.16. The number of benzene rings is 1. The highest BCUT2D eigenvalue weighted by atomic mass is 16.5. The molecule has 0 unspecified atom stereocenters. The second kappa shape index (κ2) is 8.56. The Labute approximate surface area is 115 Å². The van der Waals surface area contributed by atoms with Gasteiger partial charge in [-0.3, -0.25) is 0 Å². The van der Waals surface area contributed by atoms with Crippen molar-refractivity contribution < 1.29 is 19.9 Å². The molecule has 0 bridgehead atoms. The lowest BCUT2D eigenvalue weighted by molar-refractivity contribution is -0.706. The number of hydrogen-bond donors (Lipinski definition) is 2. The molecule has 1 aromatic rings. The molecule has 19 heavy (non-hydrogen) atoms. The molecule has 3 N–H and O–H groups in total. The molecule has 0 spiro atoms. The summed E-state index contributed by atoms with van der Waals surface area (Å²) in [5.41, 5.74) is 1.15. The van der Waals surface area contributed by atoms with Crippen LogP contribution in [0, 0.1) is 0 Å². The van der Waals surface area contributed by atoms with Gasteiger partial charge in [0.1, 0.15) is 19.2 Å². The maximum Gasteiger partial charge on any atom is 0.161 e. The van der Waals surface area contributed by atoms with E-state index >= 15 is 0 Å². The summed E-state index contributed by atoms with van der Waals surface area (Å²) >= 11 is 0. The Morgan fingerprint density at radius 3 is 2.79 bits per heavy atom. The van der Waals surface area contributed by atoms with E-state index < -0.39 is 0 Å². The van der Waals surface area contributed by atoms with Crippen molar-refractivity contribution in [1.82, 2.24) is 0 Å². The molecule has 0 radical (unpaired) electrons. The molecule has 0 aliphatic carbocycles. The molecule has 0 aromatic heterocycles. The maximum atomic E-state index is 9.16. The molecule has 1 atom stereocenters. The number of ether oxygens (including phenoxy) is 2. The largest absolute Gasteiger partial charge is 0.493 e. The number of methoxy groups -OCH3 is 1. The molecule has 0 aliphatic heterocycles. The van der Waals surface area contributed by atoms with Gasteiger partial charge in [-0.15, -0.1) is 0 Å². The van der Waals surface area contributed by atoms with Gasteiger partial charge in [0.05, 0.1) is 13.7 Å². The van der Waals surface area contributed by atoms with Gasteiger partial charge >= 0.3 is 0 Å². The lowest BCUT2D eigenvalue weighted by Crippen LogP contribution is -2.89. The zero-order valence-electron chi connectivity index (χ0n) is 11.8. The van der Waals surface area contributed by atoms with Crippen LogP contribution in [0.15, 0.2) is 30.9 Å². The van der Waals surface area contributed by atoms with Gasteiger partial charge < -0.3 is 19.9 Å². The Balaban J connectivity index is 2.67. The minimum Gasteiger partial charge on any atom is -0.493 e.